The lowest BCUT2D eigenvalue weighted by Crippen LogP contribution is -2.31. The van der Waals surface area contributed by atoms with Gasteiger partial charge in [-0.25, -0.2) is 0 Å². The van der Waals surface area contributed by atoms with E-state index >= 15 is 0 Å². The number of nitrogens with zero attached hydrogens (tertiary/aromatic N) is 6. The van der Waals surface area contributed by atoms with Crippen molar-refractivity contribution in [3.8, 4) is 11.4 Å². The molecular formula is C22H25ClN6O. The average molecular weight is 425 g/mol. The van der Waals surface area contributed by atoms with Gasteiger partial charge in [-0.05, 0) is 66.4 Å². The second kappa shape index (κ2) is 9.26. The molecule has 0 unspecified atom stereocenters. The molecule has 0 radical (unpaired) electrons. The normalized spacial score (nSPS) is 14.0. The lowest BCUT2D eigenvalue weighted by Gasteiger charge is -2.29. The Bertz CT molecular complexity index is 980. The molecule has 0 atom stereocenters. The van der Waals surface area contributed by atoms with Crippen LogP contribution >= 0.6 is 11.6 Å². The number of hydrogen-bond acceptors (Lipinski definition) is 5. The Balaban J connectivity index is 1.33. The maximum Gasteiger partial charge on any atom is 0.246 e. The fourth-order valence-electron chi connectivity index (χ4n) is 3.59. The fourth-order valence-corrected chi connectivity index (χ4v) is 3.72. The molecule has 2 heterocycles. The van der Waals surface area contributed by atoms with Crippen molar-refractivity contribution in [2.24, 2.45) is 0 Å². The zero-order valence-corrected chi connectivity index (χ0v) is 17.8. The van der Waals surface area contributed by atoms with Crippen molar-refractivity contribution < 1.29 is 4.79 Å². The molecule has 1 aromatic heterocycles. The quantitative estimate of drug-likeness (QED) is 0.604. The number of carbonyl (C=O) groups is 1. The molecule has 4 rings (SSSR count). The van der Waals surface area contributed by atoms with E-state index in [2.05, 4.69) is 44.6 Å². The fraction of sp³-hybridized carbons (Fsp3) is 0.364. The molecule has 1 saturated heterocycles. The first-order valence-corrected chi connectivity index (χ1v) is 10.6. The minimum absolute atomic E-state index is 0.0446. The van der Waals surface area contributed by atoms with E-state index in [1.54, 1.807) is 24.1 Å². The van der Waals surface area contributed by atoms with E-state index in [0.717, 1.165) is 24.2 Å². The van der Waals surface area contributed by atoms with Crippen LogP contribution < -0.4 is 4.90 Å². The SMILES string of the molecule is CN(Cc1ccc(N2CCCCC2)cc1)C(=O)Cn1nnc(-c2ccc(Cl)cc2)n1. The number of aromatic nitrogens is 4. The number of likely N-dealkylation sites (N-methyl/N-ethyl adjacent to an activating group) is 1. The van der Waals surface area contributed by atoms with E-state index in [0.29, 0.717) is 17.4 Å². The van der Waals surface area contributed by atoms with Crippen LogP contribution in [0.4, 0.5) is 5.69 Å². The number of rotatable bonds is 6. The summed E-state index contributed by atoms with van der Waals surface area (Å²) in [4.78, 5) is 18.0. The van der Waals surface area contributed by atoms with Gasteiger partial charge in [-0.15, -0.1) is 10.2 Å². The zero-order chi connectivity index (χ0) is 20.9. The third-order valence-electron chi connectivity index (χ3n) is 5.33. The minimum atomic E-state index is -0.0739. The van der Waals surface area contributed by atoms with Gasteiger partial charge in [0.2, 0.25) is 11.7 Å². The summed E-state index contributed by atoms with van der Waals surface area (Å²) in [6, 6.07) is 15.7. The summed E-state index contributed by atoms with van der Waals surface area (Å²) < 4.78 is 0. The number of amides is 1. The highest BCUT2D eigenvalue weighted by atomic mass is 35.5. The standard InChI is InChI=1S/C22H25ClN6O/c1-27(15-17-5-11-20(12-6-17)28-13-3-2-4-14-28)21(30)16-29-25-22(24-26-29)18-7-9-19(23)10-8-18/h5-12H,2-4,13-16H2,1H3. The molecule has 0 spiro atoms. The highest BCUT2D eigenvalue weighted by Crippen LogP contribution is 2.21. The molecule has 2 aromatic carbocycles. The maximum atomic E-state index is 12.6. The van der Waals surface area contributed by atoms with E-state index < -0.39 is 0 Å². The highest BCUT2D eigenvalue weighted by Gasteiger charge is 2.14. The molecule has 1 fully saturated rings. The van der Waals surface area contributed by atoms with Crippen LogP contribution in [0.1, 0.15) is 24.8 Å². The molecule has 0 aliphatic carbocycles. The topological polar surface area (TPSA) is 67.2 Å². The number of piperidine rings is 1. The molecular weight excluding hydrogens is 400 g/mol. The summed E-state index contributed by atoms with van der Waals surface area (Å²) in [5.74, 6) is 0.394. The number of hydrogen-bond donors (Lipinski definition) is 0. The largest absolute Gasteiger partial charge is 0.372 e. The second-order valence-electron chi connectivity index (χ2n) is 7.61. The van der Waals surface area contributed by atoms with Gasteiger partial charge in [0.15, 0.2) is 0 Å². The molecule has 1 amide bonds. The van der Waals surface area contributed by atoms with E-state index in [9.17, 15) is 4.79 Å². The predicted molar refractivity (Wildman–Crippen MR) is 117 cm³/mol. The van der Waals surface area contributed by atoms with E-state index in [1.807, 2.05) is 12.1 Å². The molecule has 30 heavy (non-hydrogen) atoms. The van der Waals surface area contributed by atoms with Crippen molar-refractivity contribution in [3.05, 3.63) is 59.1 Å². The van der Waals surface area contributed by atoms with Crippen LogP contribution in [-0.2, 0) is 17.9 Å². The molecule has 3 aromatic rings. The number of tetrazole rings is 1. The summed E-state index contributed by atoms with van der Waals surface area (Å²) >= 11 is 5.91. The van der Waals surface area contributed by atoms with Crippen LogP contribution in [0.2, 0.25) is 5.02 Å². The first-order chi connectivity index (χ1) is 14.6. The van der Waals surface area contributed by atoms with Gasteiger partial charge >= 0.3 is 0 Å². The van der Waals surface area contributed by atoms with Gasteiger partial charge in [0.25, 0.3) is 0 Å². The average Bonchev–Trinajstić information content (AvgIpc) is 3.24. The predicted octanol–water partition coefficient (Wildman–Crippen LogP) is 3.64. The minimum Gasteiger partial charge on any atom is -0.372 e. The molecule has 1 aliphatic heterocycles. The number of benzene rings is 2. The van der Waals surface area contributed by atoms with Crippen molar-refractivity contribution in [1.29, 1.82) is 0 Å². The number of halogens is 1. The van der Waals surface area contributed by atoms with Gasteiger partial charge in [-0.2, -0.15) is 4.80 Å². The summed E-state index contributed by atoms with van der Waals surface area (Å²) in [5, 5.41) is 13.0. The molecule has 0 saturated carbocycles. The van der Waals surface area contributed by atoms with Crippen LogP contribution in [-0.4, -0.2) is 51.2 Å². The Labute approximate surface area is 181 Å². The Morgan fingerprint density at radius 2 is 1.73 bits per heavy atom. The zero-order valence-electron chi connectivity index (χ0n) is 17.0. The summed E-state index contributed by atoms with van der Waals surface area (Å²) in [7, 11) is 1.79. The molecule has 0 N–H and O–H groups in total. The molecule has 0 bridgehead atoms. The van der Waals surface area contributed by atoms with Gasteiger partial charge < -0.3 is 9.80 Å². The first-order valence-electron chi connectivity index (χ1n) is 10.2. The summed E-state index contributed by atoms with van der Waals surface area (Å²) in [6.45, 7) is 2.84. The van der Waals surface area contributed by atoms with Crippen molar-refractivity contribution in [2.75, 3.05) is 25.0 Å². The molecule has 156 valence electrons. The lowest BCUT2D eigenvalue weighted by molar-refractivity contribution is -0.131. The van der Waals surface area contributed by atoms with Crippen molar-refractivity contribution in [3.63, 3.8) is 0 Å². The Kier molecular flexibility index (Phi) is 6.28. The van der Waals surface area contributed by atoms with Crippen LogP contribution in [0.5, 0.6) is 0 Å². The monoisotopic (exact) mass is 424 g/mol. The Hall–Kier alpha value is -2.93. The smallest absolute Gasteiger partial charge is 0.246 e. The molecule has 7 nitrogen and oxygen atoms in total. The van der Waals surface area contributed by atoms with Gasteiger partial charge in [0.1, 0.15) is 6.54 Å². The lowest BCUT2D eigenvalue weighted by atomic mass is 10.1. The van der Waals surface area contributed by atoms with E-state index in [4.69, 9.17) is 11.6 Å². The van der Waals surface area contributed by atoms with Gasteiger partial charge in [-0.3, -0.25) is 4.79 Å². The summed E-state index contributed by atoms with van der Waals surface area (Å²) in [6.07, 6.45) is 3.84. The Morgan fingerprint density at radius 1 is 1.03 bits per heavy atom. The maximum absolute atomic E-state index is 12.6. The molecule has 8 heteroatoms. The molecule has 1 aliphatic rings. The van der Waals surface area contributed by atoms with Gasteiger partial charge in [-0.1, -0.05) is 23.7 Å². The third kappa shape index (κ3) is 4.97. The van der Waals surface area contributed by atoms with Crippen LogP contribution in [0, 0.1) is 0 Å². The van der Waals surface area contributed by atoms with E-state index in [-0.39, 0.29) is 12.5 Å². The van der Waals surface area contributed by atoms with Crippen molar-refractivity contribution >= 4 is 23.2 Å². The van der Waals surface area contributed by atoms with Crippen molar-refractivity contribution in [2.45, 2.75) is 32.4 Å². The first kappa shape index (κ1) is 20.3. The third-order valence-corrected chi connectivity index (χ3v) is 5.59. The van der Waals surface area contributed by atoms with Gasteiger partial charge in [0.05, 0.1) is 0 Å². The number of carbonyl (C=O) groups excluding carboxylic acids is 1. The second-order valence-corrected chi connectivity index (χ2v) is 8.05. The summed E-state index contributed by atoms with van der Waals surface area (Å²) in [5.41, 5.74) is 3.16. The van der Waals surface area contributed by atoms with Crippen molar-refractivity contribution in [1.82, 2.24) is 25.1 Å². The highest BCUT2D eigenvalue weighted by molar-refractivity contribution is 6.30. The van der Waals surface area contributed by atoms with E-state index in [1.165, 1.54) is 29.7 Å². The number of anilines is 1. The van der Waals surface area contributed by atoms with Crippen LogP contribution in [0.25, 0.3) is 11.4 Å². The Morgan fingerprint density at radius 3 is 2.43 bits per heavy atom. The van der Waals surface area contributed by atoms with Crippen LogP contribution in [0.3, 0.4) is 0 Å². The van der Waals surface area contributed by atoms with Gasteiger partial charge in [0, 0.05) is 43.0 Å². The van der Waals surface area contributed by atoms with Crippen LogP contribution in [0.15, 0.2) is 48.5 Å².